The minimum Gasteiger partial charge on any atom is -0.466 e. The van der Waals surface area contributed by atoms with Crippen molar-refractivity contribution >= 4 is 11.9 Å². The quantitative estimate of drug-likeness (QED) is 0.0417. The van der Waals surface area contributed by atoms with E-state index in [4.69, 9.17) is 4.74 Å². The van der Waals surface area contributed by atoms with Crippen LogP contribution in [0.5, 0.6) is 0 Å². The van der Waals surface area contributed by atoms with Crippen LogP contribution in [-0.4, -0.2) is 47.4 Å². The topological polar surface area (TPSA) is 95.9 Å². The number of hydrogen-bond acceptors (Lipinski definition) is 5. The summed E-state index contributed by atoms with van der Waals surface area (Å²) in [6.45, 7) is 5.02. The number of carbonyl (C=O) groups is 2. The second kappa shape index (κ2) is 73.3. The Balaban J connectivity index is 3.34. The van der Waals surface area contributed by atoms with Crippen LogP contribution < -0.4 is 5.32 Å². The molecule has 2 atom stereocenters. The van der Waals surface area contributed by atoms with Crippen molar-refractivity contribution in [3.05, 3.63) is 0 Å². The van der Waals surface area contributed by atoms with Crippen LogP contribution in [0.1, 0.15) is 457 Å². The van der Waals surface area contributed by atoms with Crippen molar-refractivity contribution < 1.29 is 24.5 Å². The Labute approximate surface area is 521 Å². The van der Waals surface area contributed by atoms with Gasteiger partial charge in [0.05, 0.1) is 25.4 Å². The monoisotopic (exact) mass is 1170 g/mol. The molecule has 83 heavy (non-hydrogen) atoms. The minimum atomic E-state index is -0.664. The van der Waals surface area contributed by atoms with E-state index in [2.05, 4.69) is 19.2 Å². The van der Waals surface area contributed by atoms with Gasteiger partial charge in [0.15, 0.2) is 0 Å². The van der Waals surface area contributed by atoms with Crippen LogP contribution in [-0.2, 0) is 14.3 Å². The number of aliphatic hydroxyl groups is 2. The zero-order chi connectivity index (χ0) is 59.9. The number of nitrogens with one attached hydrogen (secondary N) is 1. The third-order valence-corrected chi connectivity index (χ3v) is 18.7. The summed E-state index contributed by atoms with van der Waals surface area (Å²) in [6.07, 6.45) is 90.3. The molecule has 0 aliphatic rings. The number of rotatable bonds is 74. The number of ether oxygens (including phenoxy) is 1. The number of carbonyl (C=O) groups excluding carboxylic acids is 2. The molecule has 0 aliphatic carbocycles. The molecule has 0 aliphatic heterocycles. The number of hydrogen-bond donors (Lipinski definition) is 3. The predicted molar refractivity (Wildman–Crippen MR) is 366 cm³/mol. The van der Waals surface area contributed by atoms with Crippen molar-refractivity contribution in [1.82, 2.24) is 5.32 Å². The summed E-state index contributed by atoms with van der Waals surface area (Å²) in [6, 6.07) is -0.541. The molecule has 0 radical (unpaired) electrons. The van der Waals surface area contributed by atoms with Gasteiger partial charge in [0.25, 0.3) is 0 Å². The fourth-order valence-electron chi connectivity index (χ4n) is 12.8. The van der Waals surface area contributed by atoms with Crippen molar-refractivity contribution in [2.45, 2.75) is 469 Å². The van der Waals surface area contributed by atoms with Gasteiger partial charge in [0.2, 0.25) is 5.91 Å². The number of esters is 1. The number of aliphatic hydroxyl groups excluding tert-OH is 2. The highest BCUT2D eigenvalue weighted by Crippen LogP contribution is 2.20. The maximum absolute atomic E-state index is 12.6. The fraction of sp³-hybridized carbons (Fsp3) is 0.974. The second-order valence-corrected chi connectivity index (χ2v) is 27.1. The molecular weight excluding hydrogens is 1020 g/mol. The standard InChI is InChI=1S/C77H153NO5/c1-3-5-7-9-11-13-15-17-19-21-23-24-27-30-34-37-41-45-49-53-57-61-65-69-75(80)74(73-79)78-76(81)70-66-62-58-54-50-46-42-38-35-31-28-25-26-29-32-36-40-44-48-52-56-60-64-68-72-83-77(82)71-67-63-59-55-51-47-43-39-33-22-20-18-16-14-12-10-8-6-4-2/h74-75,79-80H,3-73H2,1-2H3,(H,78,81). The Kier molecular flexibility index (Phi) is 72.3. The Bertz CT molecular complexity index is 1210. The van der Waals surface area contributed by atoms with E-state index in [0.717, 1.165) is 38.5 Å². The van der Waals surface area contributed by atoms with E-state index >= 15 is 0 Å². The first kappa shape index (κ1) is 81.9. The molecular formula is C77H153NO5. The summed E-state index contributed by atoms with van der Waals surface area (Å²) in [4.78, 5) is 24.7. The van der Waals surface area contributed by atoms with E-state index in [1.54, 1.807) is 0 Å². The molecule has 3 N–H and O–H groups in total. The first-order chi connectivity index (χ1) is 41.0. The van der Waals surface area contributed by atoms with Gasteiger partial charge in [0, 0.05) is 12.8 Å². The van der Waals surface area contributed by atoms with Gasteiger partial charge in [-0.05, 0) is 25.7 Å². The van der Waals surface area contributed by atoms with Gasteiger partial charge >= 0.3 is 5.97 Å². The zero-order valence-corrected chi connectivity index (χ0v) is 57.0. The van der Waals surface area contributed by atoms with Gasteiger partial charge in [-0.1, -0.05) is 418 Å². The smallest absolute Gasteiger partial charge is 0.305 e. The normalized spacial score (nSPS) is 12.4. The summed E-state index contributed by atoms with van der Waals surface area (Å²) in [5.41, 5.74) is 0. The summed E-state index contributed by atoms with van der Waals surface area (Å²) in [7, 11) is 0. The van der Waals surface area contributed by atoms with Crippen molar-refractivity contribution in [3.63, 3.8) is 0 Å². The molecule has 0 aromatic heterocycles. The van der Waals surface area contributed by atoms with Crippen LogP contribution >= 0.6 is 0 Å². The molecule has 6 heteroatoms. The van der Waals surface area contributed by atoms with Crippen molar-refractivity contribution in [2.24, 2.45) is 0 Å². The van der Waals surface area contributed by atoms with Gasteiger partial charge in [0.1, 0.15) is 0 Å². The number of unbranched alkanes of at least 4 members (excludes halogenated alkanes) is 63. The SMILES string of the molecule is CCCCCCCCCCCCCCCCCCCCCCCCCC(O)C(CO)NC(=O)CCCCCCCCCCCCCCCCCCCCCCCCCCOC(=O)CCCCCCCCCCCCCCCCCCCCC. The molecule has 1 amide bonds. The van der Waals surface area contributed by atoms with E-state index in [1.165, 1.54) is 385 Å². The minimum absolute atomic E-state index is 0.0221. The molecule has 0 fully saturated rings. The van der Waals surface area contributed by atoms with E-state index in [-0.39, 0.29) is 18.5 Å². The largest absolute Gasteiger partial charge is 0.466 e. The Morgan fingerprint density at radius 2 is 0.494 bits per heavy atom. The third kappa shape index (κ3) is 69.8. The summed E-state index contributed by atoms with van der Waals surface area (Å²) < 4.78 is 5.52. The lowest BCUT2D eigenvalue weighted by Gasteiger charge is -2.22. The molecule has 0 saturated carbocycles. The molecule has 0 rings (SSSR count). The molecule has 6 nitrogen and oxygen atoms in total. The molecule has 0 spiro atoms. The second-order valence-electron chi connectivity index (χ2n) is 27.1. The lowest BCUT2D eigenvalue weighted by Crippen LogP contribution is -2.45. The zero-order valence-electron chi connectivity index (χ0n) is 57.0. The van der Waals surface area contributed by atoms with Crippen LogP contribution in [0.25, 0.3) is 0 Å². The van der Waals surface area contributed by atoms with Gasteiger partial charge in [-0.15, -0.1) is 0 Å². The maximum Gasteiger partial charge on any atom is 0.305 e. The Hall–Kier alpha value is -1.14. The first-order valence-electron chi connectivity index (χ1n) is 38.8. The van der Waals surface area contributed by atoms with Gasteiger partial charge in [-0.25, -0.2) is 0 Å². The van der Waals surface area contributed by atoms with Crippen LogP contribution in [0.4, 0.5) is 0 Å². The van der Waals surface area contributed by atoms with E-state index < -0.39 is 12.1 Å². The first-order valence-corrected chi connectivity index (χ1v) is 38.8. The van der Waals surface area contributed by atoms with Crippen LogP contribution in [0.2, 0.25) is 0 Å². The highest BCUT2D eigenvalue weighted by Gasteiger charge is 2.20. The van der Waals surface area contributed by atoms with Crippen LogP contribution in [0.15, 0.2) is 0 Å². The lowest BCUT2D eigenvalue weighted by atomic mass is 10.0. The van der Waals surface area contributed by atoms with E-state index in [9.17, 15) is 19.8 Å². The highest BCUT2D eigenvalue weighted by molar-refractivity contribution is 5.76. The van der Waals surface area contributed by atoms with Gasteiger partial charge in [-0.3, -0.25) is 9.59 Å². The Morgan fingerprint density at radius 3 is 0.735 bits per heavy atom. The third-order valence-electron chi connectivity index (χ3n) is 18.7. The molecule has 0 heterocycles. The van der Waals surface area contributed by atoms with Gasteiger partial charge in [-0.2, -0.15) is 0 Å². The Morgan fingerprint density at radius 1 is 0.289 bits per heavy atom. The average Bonchev–Trinajstić information content (AvgIpc) is 3.49. The fourth-order valence-corrected chi connectivity index (χ4v) is 12.8. The van der Waals surface area contributed by atoms with Crippen molar-refractivity contribution in [3.8, 4) is 0 Å². The molecule has 0 saturated heterocycles. The molecule has 0 bridgehead atoms. The highest BCUT2D eigenvalue weighted by atomic mass is 16.5. The summed E-state index contributed by atoms with van der Waals surface area (Å²) in [5, 5.41) is 23.5. The summed E-state index contributed by atoms with van der Waals surface area (Å²) in [5.74, 6) is -0.00530. The molecule has 2 unspecified atom stereocenters. The number of amides is 1. The maximum atomic E-state index is 12.6. The van der Waals surface area contributed by atoms with E-state index in [0.29, 0.717) is 25.9 Å². The van der Waals surface area contributed by atoms with E-state index in [1.807, 2.05) is 0 Å². The van der Waals surface area contributed by atoms with Crippen LogP contribution in [0.3, 0.4) is 0 Å². The lowest BCUT2D eigenvalue weighted by molar-refractivity contribution is -0.143. The predicted octanol–water partition coefficient (Wildman–Crippen LogP) is 25.3. The van der Waals surface area contributed by atoms with Gasteiger partial charge < -0.3 is 20.3 Å². The average molecular weight is 1170 g/mol. The molecule has 496 valence electrons. The molecule has 0 aromatic rings. The molecule has 0 aromatic carbocycles. The van der Waals surface area contributed by atoms with Crippen molar-refractivity contribution in [1.29, 1.82) is 0 Å². The van der Waals surface area contributed by atoms with Crippen LogP contribution in [0, 0.1) is 0 Å². The van der Waals surface area contributed by atoms with Crippen molar-refractivity contribution in [2.75, 3.05) is 13.2 Å². The summed E-state index contributed by atoms with van der Waals surface area (Å²) >= 11 is 0.